The molecule has 0 saturated heterocycles. The van der Waals surface area contributed by atoms with Gasteiger partial charge in [0.25, 0.3) is 0 Å². The Morgan fingerprint density at radius 3 is 2.38 bits per heavy atom. The summed E-state index contributed by atoms with van der Waals surface area (Å²) < 4.78 is 4.18. The third-order valence-electron chi connectivity index (χ3n) is 7.70. The van der Waals surface area contributed by atoms with Gasteiger partial charge in [-0.25, -0.2) is 9.48 Å². The summed E-state index contributed by atoms with van der Waals surface area (Å²) in [4.78, 5) is 18.2. The fourth-order valence-corrected chi connectivity index (χ4v) is 5.60. The molecule has 0 spiro atoms. The van der Waals surface area contributed by atoms with Gasteiger partial charge in [0.1, 0.15) is 5.82 Å². The number of anilines is 2. The van der Waals surface area contributed by atoms with Crippen LogP contribution in [0, 0.1) is 20.8 Å². The molecule has 6 rings (SSSR count). The van der Waals surface area contributed by atoms with Crippen LogP contribution in [0.1, 0.15) is 39.7 Å². The first-order chi connectivity index (χ1) is 19.3. The molecule has 5 aromatic rings. The van der Waals surface area contributed by atoms with Gasteiger partial charge >= 0.3 is 6.03 Å². The van der Waals surface area contributed by atoms with E-state index in [4.69, 9.17) is 5.10 Å². The lowest BCUT2D eigenvalue weighted by Crippen LogP contribution is -2.38. The molecule has 40 heavy (non-hydrogen) atoms. The molecule has 2 aromatic heterocycles. The van der Waals surface area contributed by atoms with Crippen molar-refractivity contribution in [3.05, 3.63) is 125 Å². The molecule has 7 nitrogen and oxygen atoms in total. The van der Waals surface area contributed by atoms with E-state index >= 15 is 0 Å². The summed E-state index contributed by atoms with van der Waals surface area (Å²) in [5.41, 5.74) is 9.06. The second kappa shape index (κ2) is 10.1. The summed E-state index contributed by atoms with van der Waals surface area (Å²) in [6.45, 7) is 6.52. The lowest BCUT2D eigenvalue weighted by molar-refractivity contribution is 0.194. The Hall–Kier alpha value is -4.78. The highest BCUT2D eigenvalue weighted by molar-refractivity contribution is 5.91. The number of rotatable bonds is 4. The summed E-state index contributed by atoms with van der Waals surface area (Å²) in [6, 6.07) is 28.4. The zero-order valence-electron chi connectivity index (χ0n) is 23.6. The molecule has 7 heteroatoms. The van der Waals surface area contributed by atoms with Gasteiger partial charge in [-0.2, -0.15) is 5.10 Å². The summed E-state index contributed by atoms with van der Waals surface area (Å²) in [7, 11) is 4.06. The molecule has 0 bridgehead atoms. The Kier molecular flexibility index (Phi) is 6.42. The molecule has 0 unspecified atom stereocenters. The first-order valence-corrected chi connectivity index (χ1v) is 13.6. The molecule has 1 aliphatic rings. The minimum absolute atomic E-state index is 0.152. The van der Waals surface area contributed by atoms with Crippen molar-refractivity contribution in [3.63, 3.8) is 0 Å². The van der Waals surface area contributed by atoms with Crippen molar-refractivity contribution in [2.45, 2.75) is 33.4 Å². The maximum Gasteiger partial charge on any atom is 0.322 e. The Labute approximate surface area is 235 Å². The van der Waals surface area contributed by atoms with Crippen LogP contribution in [0.15, 0.2) is 91.1 Å². The van der Waals surface area contributed by atoms with E-state index in [2.05, 4.69) is 76.4 Å². The number of urea groups is 1. The largest absolute Gasteiger partial charge is 0.378 e. The number of carbonyl (C=O) groups excluding carboxylic acids is 1. The molecule has 1 atom stereocenters. The number of hydrogen-bond acceptors (Lipinski definition) is 3. The van der Waals surface area contributed by atoms with Crippen LogP contribution >= 0.6 is 0 Å². The van der Waals surface area contributed by atoms with Crippen molar-refractivity contribution in [2.24, 2.45) is 0 Å². The maximum absolute atomic E-state index is 14.2. The van der Waals surface area contributed by atoms with Gasteiger partial charge in [-0.05, 0) is 74.4 Å². The van der Waals surface area contributed by atoms with Gasteiger partial charge < -0.3 is 19.7 Å². The molecule has 0 saturated carbocycles. The second-order valence-electron chi connectivity index (χ2n) is 10.7. The Bertz CT molecular complexity index is 1680. The summed E-state index contributed by atoms with van der Waals surface area (Å²) in [6.07, 6.45) is 2.07. The number of carbonyl (C=O) groups is 1. The average Bonchev–Trinajstić information content (AvgIpc) is 3.51. The number of para-hydroxylation sites is 1. The molecular weight excluding hydrogens is 496 g/mol. The zero-order valence-corrected chi connectivity index (χ0v) is 23.6. The van der Waals surface area contributed by atoms with E-state index in [1.807, 2.05) is 73.9 Å². The van der Waals surface area contributed by atoms with E-state index < -0.39 is 0 Å². The predicted octanol–water partition coefficient (Wildman–Crippen LogP) is 6.79. The number of benzene rings is 3. The summed E-state index contributed by atoms with van der Waals surface area (Å²) >= 11 is 0. The minimum atomic E-state index is -0.312. The lowest BCUT2D eigenvalue weighted by Gasteiger charge is -2.31. The van der Waals surface area contributed by atoms with Gasteiger partial charge in [0.2, 0.25) is 0 Å². The van der Waals surface area contributed by atoms with E-state index in [9.17, 15) is 4.79 Å². The van der Waals surface area contributed by atoms with Crippen molar-refractivity contribution in [2.75, 3.05) is 24.3 Å². The van der Waals surface area contributed by atoms with Crippen molar-refractivity contribution in [1.82, 2.24) is 19.2 Å². The molecule has 1 aliphatic heterocycles. The minimum Gasteiger partial charge on any atom is -0.378 e. The Morgan fingerprint density at radius 1 is 0.925 bits per heavy atom. The van der Waals surface area contributed by atoms with Crippen LogP contribution in [-0.2, 0) is 6.54 Å². The van der Waals surface area contributed by atoms with Crippen molar-refractivity contribution >= 4 is 17.4 Å². The Morgan fingerprint density at radius 2 is 1.68 bits per heavy atom. The van der Waals surface area contributed by atoms with E-state index in [-0.39, 0.29) is 12.1 Å². The molecule has 202 valence electrons. The van der Waals surface area contributed by atoms with Crippen molar-refractivity contribution < 1.29 is 4.79 Å². The second-order valence-corrected chi connectivity index (χ2v) is 10.7. The number of fused-ring (bicyclic) bond motifs is 3. The SMILES string of the molecule is Cc1ccc(NC(=O)N2Cc3c(C)nn(-c4ccccc4)c3-n3cccc3[C@@H]2c2ccc(N(C)C)cc2)c(C)c1. The smallest absolute Gasteiger partial charge is 0.322 e. The highest BCUT2D eigenvalue weighted by atomic mass is 16.2. The standard InChI is InChI=1S/C33H34N6O/c1-22-13-18-29(23(2)20-22)34-33(40)38-21-28-24(3)35-39(27-10-7-6-8-11-27)32(28)37-19-9-12-30(37)31(38)25-14-16-26(17-15-25)36(4)5/h6-20,31H,21H2,1-5H3,(H,34,40)/t31-/m0/s1. The van der Waals surface area contributed by atoms with Crippen molar-refractivity contribution in [3.8, 4) is 11.5 Å². The molecule has 0 fully saturated rings. The van der Waals surface area contributed by atoms with Crippen LogP contribution in [0.2, 0.25) is 0 Å². The van der Waals surface area contributed by atoms with E-state index in [0.29, 0.717) is 6.54 Å². The van der Waals surface area contributed by atoms with Crippen LogP contribution in [0.4, 0.5) is 16.2 Å². The normalized spacial score (nSPS) is 14.3. The third kappa shape index (κ3) is 4.43. The number of aromatic nitrogens is 3. The number of aryl methyl sites for hydroxylation is 3. The molecule has 3 heterocycles. The van der Waals surface area contributed by atoms with Gasteiger partial charge in [-0.3, -0.25) is 0 Å². The molecule has 0 aliphatic carbocycles. The van der Waals surface area contributed by atoms with Gasteiger partial charge in [0.15, 0.2) is 0 Å². The van der Waals surface area contributed by atoms with Gasteiger partial charge in [0.05, 0.1) is 29.7 Å². The monoisotopic (exact) mass is 530 g/mol. The quantitative estimate of drug-likeness (QED) is 0.278. The van der Waals surface area contributed by atoms with Crippen LogP contribution in [-0.4, -0.2) is 39.4 Å². The average molecular weight is 531 g/mol. The highest BCUT2D eigenvalue weighted by Crippen LogP contribution is 2.39. The lowest BCUT2D eigenvalue weighted by atomic mass is 10.0. The number of nitrogens with zero attached hydrogens (tertiary/aromatic N) is 5. The molecule has 1 N–H and O–H groups in total. The van der Waals surface area contributed by atoms with Gasteiger partial charge in [0, 0.05) is 37.2 Å². The maximum atomic E-state index is 14.2. The predicted molar refractivity (Wildman–Crippen MR) is 161 cm³/mol. The fourth-order valence-electron chi connectivity index (χ4n) is 5.60. The summed E-state index contributed by atoms with van der Waals surface area (Å²) in [5.74, 6) is 0.959. The molecular formula is C33H34N6O. The topological polar surface area (TPSA) is 58.3 Å². The van der Waals surface area contributed by atoms with E-state index in [1.165, 1.54) is 0 Å². The number of hydrogen-bond donors (Lipinski definition) is 1. The third-order valence-corrected chi connectivity index (χ3v) is 7.70. The van der Waals surface area contributed by atoms with E-state index in [0.717, 1.165) is 56.5 Å². The first-order valence-electron chi connectivity index (χ1n) is 13.6. The zero-order chi connectivity index (χ0) is 28.0. The number of nitrogens with one attached hydrogen (secondary N) is 1. The first kappa shape index (κ1) is 25.5. The summed E-state index contributed by atoms with van der Waals surface area (Å²) in [5, 5.41) is 8.16. The van der Waals surface area contributed by atoms with Crippen molar-refractivity contribution in [1.29, 1.82) is 0 Å². The molecule has 2 amide bonds. The van der Waals surface area contributed by atoms with E-state index in [1.54, 1.807) is 0 Å². The van der Waals surface area contributed by atoms with Crippen LogP contribution < -0.4 is 10.2 Å². The van der Waals surface area contributed by atoms with Crippen LogP contribution in [0.3, 0.4) is 0 Å². The van der Waals surface area contributed by atoms with Crippen LogP contribution in [0.5, 0.6) is 0 Å². The van der Waals surface area contributed by atoms with Gasteiger partial charge in [-0.1, -0.05) is 48.0 Å². The number of amides is 2. The molecule has 0 radical (unpaired) electrons. The fraction of sp³-hybridized carbons (Fsp3) is 0.212. The van der Waals surface area contributed by atoms with Crippen LogP contribution in [0.25, 0.3) is 11.5 Å². The van der Waals surface area contributed by atoms with Gasteiger partial charge in [-0.15, -0.1) is 0 Å². The Balaban J connectivity index is 1.52. The highest BCUT2D eigenvalue weighted by Gasteiger charge is 2.36. The molecule has 3 aromatic carbocycles.